The average Bonchev–Trinajstić information content (AvgIpc) is 2.53. The minimum Gasteiger partial charge on any atom is -0.390 e. The highest BCUT2D eigenvalue weighted by molar-refractivity contribution is 5.82. The molecule has 1 aliphatic rings. The van der Waals surface area contributed by atoms with Crippen LogP contribution in [0.25, 0.3) is 0 Å². The molecule has 0 aliphatic carbocycles. The zero-order valence-electron chi connectivity index (χ0n) is 12.2. The Morgan fingerprint density at radius 1 is 1.35 bits per heavy atom. The highest BCUT2D eigenvalue weighted by atomic mass is 16.3. The Kier molecular flexibility index (Phi) is 5.15. The van der Waals surface area contributed by atoms with Gasteiger partial charge in [-0.25, -0.2) is 0 Å². The van der Waals surface area contributed by atoms with Crippen LogP contribution in [0.4, 0.5) is 0 Å². The summed E-state index contributed by atoms with van der Waals surface area (Å²) in [5.41, 5.74) is 1.17. The van der Waals surface area contributed by atoms with Gasteiger partial charge < -0.3 is 10.4 Å². The first-order chi connectivity index (χ1) is 9.56. The van der Waals surface area contributed by atoms with E-state index in [1.54, 1.807) is 0 Å². The van der Waals surface area contributed by atoms with Gasteiger partial charge >= 0.3 is 0 Å². The third-order valence-corrected chi connectivity index (χ3v) is 3.62. The summed E-state index contributed by atoms with van der Waals surface area (Å²) in [7, 11) is 0. The van der Waals surface area contributed by atoms with E-state index in [1.807, 2.05) is 18.2 Å². The largest absolute Gasteiger partial charge is 0.390 e. The Bertz CT molecular complexity index is 433. The lowest BCUT2D eigenvalue weighted by Crippen LogP contribution is -2.44. The van der Waals surface area contributed by atoms with Gasteiger partial charge in [-0.05, 0) is 17.9 Å². The van der Waals surface area contributed by atoms with E-state index in [9.17, 15) is 9.90 Å². The van der Waals surface area contributed by atoms with E-state index in [0.717, 1.165) is 6.42 Å². The first kappa shape index (κ1) is 15.0. The number of benzene rings is 1. The number of carbonyl (C=O) groups is 1. The Hall–Kier alpha value is -1.39. The Morgan fingerprint density at radius 2 is 2.05 bits per heavy atom. The van der Waals surface area contributed by atoms with Crippen molar-refractivity contribution in [1.29, 1.82) is 0 Å². The Morgan fingerprint density at radius 3 is 2.70 bits per heavy atom. The molecule has 0 bridgehead atoms. The molecule has 1 aromatic carbocycles. The van der Waals surface area contributed by atoms with Crippen LogP contribution >= 0.6 is 0 Å². The lowest BCUT2D eigenvalue weighted by molar-refractivity contribution is -0.126. The fraction of sp³-hybridized carbons (Fsp3) is 0.562. The standard InChI is InChI=1S/C16H24N2O2/c1-12(2)8-15-16(20)17-9-14(19)11-18(15)10-13-6-4-3-5-7-13/h3-7,12,14-15,19H,8-11H2,1-2H3,(H,17,20)/t14-,15-/m1/s1. The molecule has 4 nitrogen and oxygen atoms in total. The molecule has 1 aromatic rings. The van der Waals surface area contributed by atoms with Crippen LogP contribution in [-0.2, 0) is 11.3 Å². The molecule has 0 unspecified atom stereocenters. The molecule has 1 saturated heterocycles. The SMILES string of the molecule is CC(C)C[C@@H]1C(=O)NC[C@@H](O)CN1Cc1ccccc1. The summed E-state index contributed by atoms with van der Waals surface area (Å²) < 4.78 is 0. The zero-order chi connectivity index (χ0) is 14.5. The Labute approximate surface area is 120 Å². The highest BCUT2D eigenvalue weighted by Gasteiger charge is 2.31. The monoisotopic (exact) mass is 276 g/mol. The lowest BCUT2D eigenvalue weighted by atomic mass is 10.0. The fourth-order valence-electron chi connectivity index (χ4n) is 2.66. The van der Waals surface area contributed by atoms with Gasteiger partial charge in [-0.2, -0.15) is 0 Å². The van der Waals surface area contributed by atoms with Crippen molar-refractivity contribution in [3.8, 4) is 0 Å². The molecular weight excluding hydrogens is 252 g/mol. The molecule has 1 heterocycles. The maximum Gasteiger partial charge on any atom is 0.237 e. The molecule has 4 heteroatoms. The molecule has 2 atom stereocenters. The topological polar surface area (TPSA) is 52.6 Å². The van der Waals surface area contributed by atoms with Gasteiger partial charge in [0.25, 0.3) is 0 Å². The summed E-state index contributed by atoms with van der Waals surface area (Å²) >= 11 is 0. The summed E-state index contributed by atoms with van der Waals surface area (Å²) in [5.74, 6) is 0.477. The molecular formula is C16H24N2O2. The van der Waals surface area contributed by atoms with Gasteiger partial charge in [0.15, 0.2) is 0 Å². The molecule has 1 fully saturated rings. The number of hydrogen-bond donors (Lipinski definition) is 2. The molecule has 20 heavy (non-hydrogen) atoms. The second kappa shape index (κ2) is 6.86. The number of nitrogens with zero attached hydrogens (tertiary/aromatic N) is 1. The van der Waals surface area contributed by atoms with Crippen LogP contribution < -0.4 is 5.32 Å². The maximum absolute atomic E-state index is 12.2. The van der Waals surface area contributed by atoms with E-state index in [4.69, 9.17) is 0 Å². The summed E-state index contributed by atoms with van der Waals surface area (Å²) in [5, 5.41) is 12.8. The van der Waals surface area contributed by atoms with Crippen LogP contribution in [0.2, 0.25) is 0 Å². The van der Waals surface area contributed by atoms with Gasteiger partial charge in [-0.1, -0.05) is 44.2 Å². The third kappa shape index (κ3) is 4.05. The number of aliphatic hydroxyl groups is 1. The van der Waals surface area contributed by atoms with Crippen molar-refractivity contribution >= 4 is 5.91 Å². The summed E-state index contributed by atoms with van der Waals surface area (Å²) in [6.45, 7) is 5.82. The molecule has 1 aliphatic heterocycles. The van der Waals surface area contributed by atoms with Crippen molar-refractivity contribution in [3.63, 3.8) is 0 Å². The normalized spacial score (nSPS) is 24.5. The van der Waals surface area contributed by atoms with Gasteiger partial charge in [0.1, 0.15) is 0 Å². The number of nitrogens with one attached hydrogen (secondary N) is 1. The van der Waals surface area contributed by atoms with Crippen molar-refractivity contribution < 1.29 is 9.90 Å². The van der Waals surface area contributed by atoms with Gasteiger partial charge in [0.2, 0.25) is 5.91 Å². The molecule has 0 saturated carbocycles. The summed E-state index contributed by atoms with van der Waals surface area (Å²) in [6.07, 6.45) is 0.311. The predicted octanol–water partition coefficient (Wildman–Crippen LogP) is 1.39. The van der Waals surface area contributed by atoms with Crippen molar-refractivity contribution in [3.05, 3.63) is 35.9 Å². The van der Waals surface area contributed by atoms with Gasteiger partial charge in [0, 0.05) is 19.6 Å². The van der Waals surface area contributed by atoms with Crippen molar-refractivity contribution in [2.45, 2.75) is 39.0 Å². The summed E-state index contributed by atoms with van der Waals surface area (Å²) in [6, 6.07) is 9.94. The van der Waals surface area contributed by atoms with Crippen LogP contribution in [0, 0.1) is 5.92 Å². The molecule has 2 N–H and O–H groups in total. The van der Waals surface area contributed by atoms with Crippen molar-refractivity contribution in [2.24, 2.45) is 5.92 Å². The minimum absolute atomic E-state index is 0.0335. The number of carbonyl (C=O) groups excluding carboxylic acids is 1. The van der Waals surface area contributed by atoms with Crippen LogP contribution in [0.15, 0.2) is 30.3 Å². The minimum atomic E-state index is -0.500. The second-order valence-corrected chi connectivity index (χ2v) is 5.96. The van der Waals surface area contributed by atoms with E-state index in [2.05, 4.69) is 36.2 Å². The van der Waals surface area contributed by atoms with Crippen LogP contribution in [-0.4, -0.2) is 41.1 Å². The number of amides is 1. The summed E-state index contributed by atoms with van der Waals surface area (Å²) in [4.78, 5) is 14.3. The molecule has 110 valence electrons. The Balaban J connectivity index is 2.16. The van der Waals surface area contributed by atoms with Crippen molar-refractivity contribution in [2.75, 3.05) is 13.1 Å². The first-order valence-corrected chi connectivity index (χ1v) is 7.30. The van der Waals surface area contributed by atoms with Gasteiger partial charge in [-0.3, -0.25) is 9.69 Å². The van der Waals surface area contributed by atoms with E-state index < -0.39 is 6.10 Å². The number of rotatable bonds is 4. The smallest absolute Gasteiger partial charge is 0.237 e. The van der Waals surface area contributed by atoms with Crippen LogP contribution in [0.3, 0.4) is 0 Å². The molecule has 0 radical (unpaired) electrons. The molecule has 1 amide bonds. The van der Waals surface area contributed by atoms with E-state index in [-0.39, 0.29) is 11.9 Å². The van der Waals surface area contributed by atoms with Crippen LogP contribution in [0.5, 0.6) is 0 Å². The predicted molar refractivity (Wildman–Crippen MR) is 79.1 cm³/mol. The average molecular weight is 276 g/mol. The van der Waals surface area contributed by atoms with Gasteiger partial charge in [0.05, 0.1) is 12.1 Å². The lowest BCUT2D eigenvalue weighted by Gasteiger charge is -2.30. The first-order valence-electron chi connectivity index (χ1n) is 7.30. The highest BCUT2D eigenvalue weighted by Crippen LogP contribution is 2.17. The van der Waals surface area contributed by atoms with E-state index in [0.29, 0.717) is 25.6 Å². The number of β-amino-alcohol motifs (C(OH)–C–C–N with tert-alkyl or cyclic N) is 1. The maximum atomic E-state index is 12.2. The second-order valence-electron chi connectivity index (χ2n) is 5.96. The van der Waals surface area contributed by atoms with Crippen LogP contribution in [0.1, 0.15) is 25.8 Å². The third-order valence-electron chi connectivity index (χ3n) is 3.62. The molecule has 0 spiro atoms. The number of hydrogen-bond acceptors (Lipinski definition) is 3. The van der Waals surface area contributed by atoms with Gasteiger partial charge in [-0.15, -0.1) is 0 Å². The van der Waals surface area contributed by atoms with E-state index in [1.165, 1.54) is 5.56 Å². The molecule has 0 aromatic heterocycles. The van der Waals surface area contributed by atoms with E-state index >= 15 is 0 Å². The zero-order valence-corrected chi connectivity index (χ0v) is 12.2. The molecule has 2 rings (SSSR count). The fourth-order valence-corrected chi connectivity index (χ4v) is 2.66. The van der Waals surface area contributed by atoms with Crippen molar-refractivity contribution in [1.82, 2.24) is 10.2 Å². The number of aliphatic hydroxyl groups excluding tert-OH is 1. The quantitative estimate of drug-likeness (QED) is 0.874.